The van der Waals surface area contributed by atoms with Gasteiger partial charge in [0.05, 0.1) is 12.4 Å². The van der Waals surface area contributed by atoms with Crippen molar-refractivity contribution in [3.63, 3.8) is 0 Å². The lowest BCUT2D eigenvalue weighted by atomic mass is 9.49. The van der Waals surface area contributed by atoms with E-state index >= 15 is 0 Å². The molecule has 0 aromatic heterocycles. The zero-order valence-corrected chi connectivity index (χ0v) is 18.6. The molecule has 9 heteroatoms. The second-order valence-electron chi connectivity index (χ2n) is 10.2. The van der Waals surface area contributed by atoms with Gasteiger partial charge >= 0.3 is 0 Å². The van der Waals surface area contributed by atoms with Crippen molar-refractivity contribution in [2.45, 2.75) is 44.3 Å². The van der Waals surface area contributed by atoms with Crippen LogP contribution in [0.2, 0.25) is 0 Å². The maximum atomic E-state index is 13.5. The van der Waals surface area contributed by atoms with Gasteiger partial charge in [0.2, 0.25) is 23.1 Å². The fourth-order valence-corrected chi connectivity index (χ4v) is 8.44. The zero-order chi connectivity index (χ0) is 22.8. The van der Waals surface area contributed by atoms with Gasteiger partial charge in [0.25, 0.3) is 0 Å². The van der Waals surface area contributed by atoms with E-state index in [1.165, 1.54) is 6.07 Å². The molecule has 2 N–H and O–H groups in total. The van der Waals surface area contributed by atoms with E-state index in [1.807, 2.05) is 13.8 Å². The van der Waals surface area contributed by atoms with Gasteiger partial charge in [-0.25, -0.2) is 8.42 Å². The number of rotatable bonds is 0. The van der Waals surface area contributed by atoms with E-state index in [0.29, 0.717) is 12.0 Å². The van der Waals surface area contributed by atoms with Crippen molar-refractivity contribution < 1.29 is 32.6 Å². The summed E-state index contributed by atoms with van der Waals surface area (Å²) in [5.41, 5.74) is -0.480. The van der Waals surface area contributed by atoms with Crippen LogP contribution in [0.25, 0.3) is 0 Å². The lowest BCUT2D eigenvalue weighted by Gasteiger charge is -2.54. The van der Waals surface area contributed by atoms with Crippen LogP contribution in [0.1, 0.15) is 69.7 Å². The molecular weight excluding hydrogens is 434 g/mol. The summed E-state index contributed by atoms with van der Waals surface area (Å²) in [6, 6.07) is 2.88. The second kappa shape index (κ2) is 5.76. The molecule has 1 aromatic carbocycles. The van der Waals surface area contributed by atoms with Gasteiger partial charge in [0.15, 0.2) is 9.84 Å². The van der Waals surface area contributed by atoms with Gasteiger partial charge in [0, 0.05) is 40.0 Å². The number of carbonyl (C=O) groups is 3. The minimum absolute atomic E-state index is 0.0570. The molecule has 3 aliphatic carbocycles. The lowest BCUT2D eigenvalue weighted by Crippen LogP contribution is -2.61. The molecule has 1 aromatic rings. The standard InChI is InChI=1S/C23H23NO7S/c1-21-4-3-5-22(2)14-9-12-11(8-13(14)19(27)23(28,20(21)22)31-10-21)17(26)18-15(16(12)25)24-6-7-32(18,29)30/h8-9,20,24,28H,3-7,10H2,1-2H3/t20-,21-,22-,23+/m1/s1. The molecular formula is C23H23NO7S. The molecule has 4 atom stereocenters. The average Bonchev–Trinajstić information content (AvgIpc) is 3.02. The summed E-state index contributed by atoms with van der Waals surface area (Å²) in [4.78, 5) is 39.5. The number of allylic oxidation sites excluding steroid dienone is 2. The van der Waals surface area contributed by atoms with Crippen LogP contribution in [0.5, 0.6) is 0 Å². The minimum atomic E-state index is -3.92. The van der Waals surface area contributed by atoms with Crippen LogP contribution in [0.15, 0.2) is 22.7 Å². The molecule has 0 unspecified atom stereocenters. The topological polar surface area (TPSA) is 127 Å². The molecule has 2 heterocycles. The predicted octanol–water partition coefficient (Wildman–Crippen LogP) is 1.27. The van der Waals surface area contributed by atoms with Gasteiger partial charge in [-0.2, -0.15) is 0 Å². The van der Waals surface area contributed by atoms with Crippen LogP contribution in [0.3, 0.4) is 0 Å². The monoisotopic (exact) mass is 457 g/mol. The third kappa shape index (κ3) is 2.14. The molecule has 32 heavy (non-hydrogen) atoms. The Labute approximate surface area is 184 Å². The highest BCUT2D eigenvalue weighted by molar-refractivity contribution is 7.96. The normalized spacial score (nSPS) is 39.1. The fraction of sp³-hybridized carbons (Fsp3) is 0.522. The Hall–Kier alpha value is -2.36. The van der Waals surface area contributed by atoms with Crippen LogP contribution in [0.4, 0.5) is 0 Å². The Kier molecular flexibility index (Phi) is 3.65. The molecule has 2 aliphatic heterocycles. The Morgan fingerprint density at radius 3 is 2.53 bits per heavy atom. The summed E-state index contributed by atoms with van der Waals surface area (Å²) >= 11 is 0. The van der Waals surface area contributed by atoms with Gasteiger partial charge < -0.3 is 15.2 Å². The smallest absolute Gasteiger partial charge is 0.235 e. The van der Waals surface area contributed by atoms with Crippen LogP contribution in [-0.2, 0) is 20.0 Å². The number of sulfone groups is 1. The molecule has 6 rings (SSSR count). The number of ketones is 3. The number of fused-ring (bicyclic) bond motifs is 3. The molecule has 0 radical (unpaired) electrons. The van der Waals surface area contributed by atoms with Crippen molar-refractivity contribution in [2.75, 3.05) is 18.9 Å². The number of benzene rings is 1. The van der Waals surface area contributed by atoms with Gasteiger partial charge in [-0.1, -0.05) is 20.3 Å². The van der Waals surface area contributed by atoms with Crippen molar-refractivity contribution in [3.05, 3.63) is 45.0 Å². The van der Waals surface area contributed by atoms with Gasteiger partial charge in [-0.05, 0) is 30.5 Å². The Morgan fingerprint density at radius 2 is 1.78 bits per heavy atom. The molecule has 0 amide bonds. The number of carbonyl (C=O) groups excluding carboxylic acids is 3. The third-order valence-corrected chi connectivity index (χ3v) is 10.0. The van der Waals surface area contributed by atoms with E-state index in [1.54, 1.807) is 6.07 Å². The first-order chi connectivity index (χ1) is 14.9. The van der Waals surface area contributed by atoms with Gasteiger partial charge in [-0.3, -0.25) is 14.4 Å². The van der Waals surface area contributed by atoms with Gasteiger partial charge in [0.1, 0.15) is 10.6 Å². The van der Waals surface area contributed by atoms with E-state index in [2.05, 4.69) is 5.32 Å². The fourth-order valence-electron chi connectivity index (χ4n) is 6.99. The summed E-state index contributed by atoms with van der Waals surface area (Å²) in [6.07, 6.45) is 2.38. The van der Waals surface area contributed by atoms with Crippen molar-refractivity contribution in [1.29, 1.82) is 0 Å². The van der Waals surface area contributed by atoms with Crippen molar-refractivity contribution >= 4 is 27.2 Å². The Balaban J connectivity index is 1.62. The second-order valence-corrected chi connectivity index (χ2v) is 12.3. The minimum Gasteiger partial charge on any atom is -0.380 e. The molecule has 0 spiro atoms. The van der Waals surface area contributed by atoms with Crippen LogP contribution in [-0.4, -0.2) is 55.6 Å². The number of hydrogen-bond acceptors (Lipinski definition) is 8. The summed E-state index contributed by atoms with van der Waals surface area (Å²) in [5, 5.41) is 14.2. The zero-order valence-electron chi connectivity index (χ0n) is 17.8. The molecule has 8 nitrogen and oxygen atoms in total. The van der Waals surface area contributed by atoms with Crippen LogP contribution < -0.4 is 5.32 Å². The number of aliphatic hydroxyl groups is 1. The lowest BCUT2D eigenvalue weighted by molar-refractivity contribution is -0.176. The molecule has 5 aliphatic rings. The summed E-state index contributed by atoms with van der Waals surface area (Å²) in [5.74, 6) is -4.75. The molecule has 168 valence electrons. The highest BCUT2D eigenvalue weighted by Crippen LogP contribution is 2.64. The van der Waals surface area contributed by atoms with Crippen molar-refractivity contribution in [2.24, 2.45) is 11.3 Å². The number of Topliss-reactive ketones (excluding diaryl/α,β-unsaturated/α-hetero) is 3. The van der Waals surface area contributed by atoms with E-state index in [9.17, 15) is 27.9 Å². The summed E-state index contributed by atoms with van der Waals surface area (Å²) in [6.45, 7) is 4.31. The van der Waals surface area contributed by atoms with E-state index in [0.717, 1.165) is 12.8 Å². The maximum Gasteiger partial charge on any atom is 0.235 e. The first-order valence-corrected chi connectivity index (χ1v) is 12.5. The van der Waals surface area contributed by atoms with Crippen molar-refractivity contribution in [1.82, 2.24) is 5.32 Å². The average molecular weight is 458 g/mol. The van der Waals surface area contributed by atoms with E-state index < -0.39 is 49.2 Å². The number of hydrogen-bond donors (Lipinski definition) is 2. The maximum absolute atomic E-state index is 13.5. The first kappa shape index (κ1) is 20.3. The quantitative estimate of drug-likeness (QED) is 0.596. The Morgan fingerprint density at radius 1 is 1.06 bits per heavy atom. The Bertz CT molecular complexity index is 1310. The largest absolute Gasteiger partial charge is 0.380 e. The molecule has 1 saturated carbocycles. The summed E-state index contributed by atoms with van der Waals surface area (Å²) < 4.78 is 30.9. The number of nitrogens with one attached hydrogen (secondary N) is 1. The highest BCUT2D eigenvalue weighted by atomic mass is 32.2. The number of ether oxygens (including phenoxy) is 1. The highest BCUT2D eigenvalue weighted by Gasteiger charge is 2.70. The van der Waals surface area contributed by atoms with Gasteiger partial charge in [-0.15, -0.1) is 0 Å². The molecule has 0 bridgehead atoms. The third-order valence-electron chi connectivity index (χ3n) is 8.27. The van der Waals surface area contributed by atoms with Crippen molar-refractivity contribution in [3.8, 4) is 0 Å². The van der Waals surface area contributed by atoms with Crippen LogP contribution in [0, 0.1) is 11.3 Å². The molecule has 1 saturated heterocycles. The first-order valence-electron chi connectivity index (χ1n) is 10.8. The van der Waals surface area contributed by atoms with Crippen LogP contribution >= 0.6 is 0 Å². The summed E-state index contributed by atoms with van der Waals surface area (Å²) in [7, 11) is -3.92. The molecule has 2 fully saturated rings. The van der Waals surface area contributed by atoms with E-state index in [4.69, 9.17) is 4.74 Å². The predicted molar refractivity (Wildman–Crippen MR) is 112 cm³/mol. The SMILES string of the molecule is C[C@@]12CCC[C@]3(C)c4cc5c(cc4C(=O)[C@](O)(OC1)[C@H]23)C(=O)C1=C(NCCS1(=O)=O)C5=O. The van der Waals surface area contributed by atoms with E-state index in [-0.39, 0.29) is 46.7 Å².